The Morgan fingerprint density at radius 1 is 1.47 bits per heavy atom. The summed E-state index contributed by atoms with van der Waals surface area (Å²) in [7, 11) is -3.00. The third kappa shape index (κ3) is 2.01. The standard InChI is InChI=1S/C13H17NO3S2/c1-2-19(16,17)10-8-14(9-10)12(15)13(5-6-13)11-4-3-7-18-11/h3-4,7,10H,2,5-6,8-9H2,1H3. The van der Waals surface area contributed by atoms with Crippen molar-refractivity contribution in [1.82, 2.24) is 4.90 Å². The van der Waals surface area contributed by atoms with Crippen molar-refractivity contribution in [2.75, 3.05) is 18.8 Å². The molecule has 0 radical (unpaired) electrons. The fourth-order valence-corrected chi connectivity index (χ4v) is 4.87. The molecule has 1 saturated carbocycles. The molecule has 2 fully saturated rings. The molecule has 2 aliphatic rings. The lowest BCUT2D eigenvalue weighted by Gasteiger charge is -2.40. The average Bonchev–Trinajstić information content (AvgIpc) is 2.95. The molecule has 1 amide bonds. The molecule has 0 N–H and O–H groups in total. The van der Waals surface area contributed by atoms with Gasteiger partial charge in [0.2, 0.25) is 5.91 Å². The molecule has 104 valence electrons. The van der Waals surface area contributed by atoms with Crippen LogP contribution >= 0.6 is 11.3 Å². The maximum Gasteiger partial charge on any atom is 0.234 e. The molecule has 0 bridgehead atoms. The molecule has 4 nitrogen and oxygen atoms in total. The second kappa shape index (κ2) is 4.31. The number of carbonyl (C=O) groups excluding carboxylic acids is 1. The van der Waals surface area contributed by atoms with Crippen LogP contribution in [0.5, 0.6) is 0 Å². The fourth-order valence-electron chi connectivity index (χ4n) is 2.61. The van der Waals surface area contributed by atoms with Crippen LogP contribution in [0, 0.1) is 0 Å². The lowest BCUT2D eigenvalue weighted by atomic mass is 10.0. The van der Waals surface area contributed by atoms with Crippen molar-refractivity contribution >= 4 is 27.1 Å². The molecular formula is C13H17NO3S2. The van der Waals surface area contributed by atoms with Gasteiger partial charge in [-0.25, -0.2) is 8.42 Å². The van der Waals surface area contributed by atoms with Crippen LogP contribution in [0.2, 0.25) is 0 Å². The zero-order valence-electron chi connectivity index (χ0n) is 10.8. The van der Waals surface area contributed by atoms with E-state index in [1.165, 1.54) is 0 Å². The number of rotatable bonds is 4. The summed E-state index contributed by atoms with van der Waals surface area (Å²) in [4.78, 5) is 15.3. The van der Waals surface area contributed by atoms with Gasteiger partial charge in [-0.1, -0.05) is 13.0 Å². The van der Waals surface area contributed by atoms with E-state index in [2.05, 4.69) is 0 Å². The minimum Gasteiger partial charge on any atom is -0.339 e. The Kier molecular flexibility index (Phi) is 2.98. The van der Waals surface area contributed by atoms with Gasteiger partial charge in [0.1, 0.15) is 0 Å². The number of thiophene rings is 1. The van der Waals surface area contributed by atoms with Crippen LogP contribution in [0.3, 0.4) is 0 Å². The molecule has 1 aliphatic heterocycles. The molecule has 1 aliphatic carbocycles. The van der Waals surface area contributed by atoms with Gasteiger partial charge in [0, 0.05) is 23.7 Å². The fraction of sp³-hybridized carbons (Fsp3) is 0.615. The van der Waals surface area contributed by atoms with Crippen molar-refractivity contribution < 1.29 is 13.2 Å². The number of carbonyl (C=O) groups is 1. The zero-order valence-corrected chi connectivity index (χ0v) is 12.5. The average molecular weight is 299 g/mol. The van der Waals surface area contributed by atoms with E-state index in [0.29, 0.717) is 13.1 Å². The van der Waals surface area contributed by atoms with Crippen LogP contribution in [-0.2, 0) is 20.0 Å². The van der Waals surface area contributed by atoms with Crippen molar-refractivity contribution in [1.29, 1.82) is 0 Å². The van der Waals surface area contributed by atoms with Crippen molar-refractivity contribution in [2.45, 2.75) is 30.4 Å². The third-order valence-electron chi connectivity index (χ3n) is 4.20. The van der Waals surface area contributed by atoms with E-state index in [1.807, 2.05) is 17.5 Å². The predicted molar refractivity (Wildman–Crippen MR) is 75.1 cm³/mol. The highest BCUT2D eigenvalue weighted by atomic mass is 32.2. The number of sulfone groups is 1. The first-order chi connectivity index (χ1) is 8.99. The summed E-state index contributed by atoms with van der Waals surface area (Å²) in [5.41, 5.74) is -0.324. The Morgan fingerprint density at radius 3 is 2.63 bits per heavy atom. The highest BCUT2D eigenvalue weighted by molar-refractivity contribution is 7.92. The molecule has 1 aromatic heterocycles. The smallest absolute Gasteiger partial charge is 0.234 e. The van der Waals surface area contributed by atoms with Crippen LogP contribution in [0.1, 0.15) is 24.6 Å². The number of likely N-dealkylation sites (tertiary alicyclic amines) is 1. The normalized spacial score (nSPS) is 22.1. The van der Waals surface area contributed by atoms with Gasteiger partial charge < -0.3 is 4.90 Å². The highest BCUT2D eigenvalue weighted by Crippen LogP contribution is 2.51. The maximum atomic E-state index is 12.5. The van der Waals surface area contributed by atoms with Gasteiger partial charge in [-0.2, -0.15) is 0 Å². The molecule has 1 saturated heterocycles. The van der Waals surface area contributed by atoms with Crippen LogP contribution in [0.15, 0.2) is 17.5 Å². The van der Waals surface area contributed by atoms with E-state index >= 15 is 0 Å². The highest BCUT2D eigenvalue weighted by Gasteiger charge is 2.56. The quantitative estimate of drug-likeness (QED) is 0.845. The summed E-state index contributed by atoms with van der Waals surface area (Å²) in [5, 5.41) is 1.64. The van der Waals surface area contributed by atoms with Crippen molar-refractivity contribution in [2.24, 2.45) is 0 Å². The van der Waals surface area contributed by atoms with E-state index < -0.39 is 9.84 Å². The van der Waals surface area contributed by atoms with E-state index in [9.17, 15) is 13.2 Å². The van der Waals surface area contributed by atoms with E-state index in [1.54, 1.807) is 23.2 Å². The van der Waals surface area contributed by atoms with Gasteiger partial charge in [0.05, 0.1) is 10.7 Å². The Balaban J connectivity index is 1.69. The lowest BCUT2D eigenvalue weighted by molar-refractivity contribution is -0.137. The molecule has 6 heteroatoms. The van der Waals surface area contributed by atoms with Gasteiger partial charge in [0.25, 0.3) is 0 Å². The first kappa shape index (κ1) is 13.1. The van der Waals surface area contributed by atoms with Crippen LogP contribution in [0.4, 0.5) is 0 Å². The second-order valence-corrected chi connectivity index (χ2v) is 8.86. The van der Waals surface area contributed by atoms with Gasteiger partial charge in [-0.3, -0.25) is 4.79 Å². The van der Waals surface area contributed by atoms with Gasteiger partial charge in [-0.05, 0) is 24.3 Å². The molecule has 0 unspecified atom stereocenters. The first-order valence-electron chi connectivity index (χ1n) is 6.54. The number of hydrogen-bond acceptors (Lipinski definition) is 4. The van der Waals surface area contributed by atoms with Crippen LogP contribution in [0.25, 0.3) is 0 Å². The van der Waals surface area contributed by atoms with Crippen LogP contribution in [-0.4, -0.2) is 43.3 Å². The minimum atomic E-state index is -3.00. The summed E-state index contributed by atoms with van der Waals surface area (Å²) in [6, 6.07) is 3.98. The predicted octanol–water partition coefficient (Wildman–Crippen LogP) is 1.43. The van der Waals surface area contributed by atoms with Crippen molar-refractivity contribution in [3.8, 4) is 0 Å². The zero-order chi connectivity index (χ0) is 13.7. The van der Waals surface area contributed by atoms with E-state index in [0.717, 1.165) is 17.7 Å². The van der Waals surface area contributed by atoms with Gasteiger partial charge >= 0.3 is 0 Å². The number of hydrogen-bond donors (Lipinski definition) is 0. The number of amides is 1. The van der Waals surface area contributed by atoms with E-state index in [4.69, 9.17) is 0 Å². The molecular weight excluding hydrogens is 282 g/mol. The van der Waals surface area contributed by atoms with Crippen LogP contribution < -0.4 is 0 Å². The third-order valence-corrected chi connectivity index (χ3v) is 7.39. The SMILES string of the molecule is CCS(=O)(=O)C1CN(C(=O)C2(c3cccs3)CC2)C1. The summed E-state index contributed by atoms with van der Waals surface area (Å²) >= 11 is 1.62. The van der Waals surface area contributed by atoms with Gasteiger partial charge in [0.15, 0.2) is 9.84 Å². The van der Waals surface area contributed by atoms with Crippen molar-refractivity contribution in [3.63, 3.8) is 0 Å². The molecule has 2 heterocycles. The Labute approximate surface area is 117 Å². The second-order valence-electron chi connectivity index (χ2n) is 5.34. The molecule has 0 aromatic carbocycles. The van der Waals surface area contributed by atoms with Gasteiger partial charge in [-0.15, -0.1) is 11.3 Å². The molecule has 1 aromatic rings. The Bertz CT molecular complexity index is 581. The number of nitrogens with zero attached hydrogens (tertiary/aromatic N) is 1. The molecule has 19 heavy (non-hydrogen) atoms. The summed E-state index contributed by atoms with van der Waals surface area (Å²) in [5.74, 6) is 0.285. The Morgan fingerprint density at radius 2 is 2.16 bits per heavy atom. The first-order valence-corrected chi connectivity index (χ1v) is 9.14. The molecule has 3 rings (SSSR count). The molecule has 0 atom stereocenters. The lowest BCUT2D eigenvalue weighted by Crippen LogP contribution is -2.59. The largest absolute Gasteiger partial charge is 0.339 e. The monoisotopic (exact) mass is 299 g/mol. The topological polar surface area (TPSA) is 54.5 Å². The summed E-state index contributed by atoms with van der Waals surface area (Å²) in [6.45, 7) is 2.41. The Hall–Kier alpha value is -0.880. The van der Waals surface area contributed by atoms with E-state index in [-0.39, 0.29) is 22.3 Å². The van der Waals surface area contributed by atoms with Crippen molar-refractivity contribution in [3.05, 3.63) is 22.4 Å². The maximum absolute atomic E-state index is 12.5. The summed E-state index contributed by atoms with van der Waals surface area (Å²) < 4.78 is 23.4. The molecule has 0 spiro atoms. The minimum absolute atomic E-state index is 0.123. The summed E-state index contributed by atoms with van der Waals surface area (Å²) in [6.07, 6.45) is 1.79.